The van der Waals surface area contributed by atoms with Crippen LogP contribution in [0, 0.1) is 10.1 Å². The number of amides is 1. The molecule has 92 valence electrons. The molecule has 0 unspecified atom stereocenters. The number of nitro benzene ring substituents is 1. The highest BCUT2D eigenvalue weighted by atomic mass is 32.2. The van der Waals surface area contributed by atoms with E-state index in [1.165, 1.54) is 30.0 Å². The Balaban J connectivity index is 3.25. The fraction of sp³-hybridized carbons (Fsp3) is 0.364. The second-order valence-corrected chi connectivity index (χ2v) is 6.38. The summed E-state index contributed by atoms with van der Waals surface area (Å²) in [6.07, 6.45) is 0. The summed E-state index contributed by atoms with van der Waals surface area (Å²) in [4.78, 5) is 22.0. The van der Waals surface area contributed by atoms with Crippen LogP contribution in [0.3, 0.4) is 0 Å². The first-order valence-electron chi connectivity index (χ1n) is 4.98. The van der Waals surface area contributed by atoms with Crippen molar-refractivity contribution in [3.8, 4) is 0 Å². The summed E-state index contributed by atoms with van der Waals surface area (Å²) in [5.74, 6) is -0.577. The van der Waals surface area contributed by atoms with E-state index in [9.17, 15) is 14.9 Å². The monoisotopic (exact) mass is 254 g/mol. The minimum Gasteiger partial charge on any atom is -0.366 e. The van der Waals surface area contributed by atoms with Gasteiger partial charge in [-0.25, -0.2) is 0 Å². The van der Waals surface area contributed by atoms with E-state index in [4.69, 9.17) is 5.73 Å². The maximum Gasteiger partial charge on any atom is 0.270 e. The number of nitrogens with zero attached hydrogens (tertiary/aromatic N) is 1. The van der Waals surface area contributed by atoms with Gasteiger partial charge in [-0.3, -0.25) is 14.9 Å². The van der Waals surface area contributed by atoms with Gasteiger partial charge in [-0.15, -0.1) is 11.8 Å². The van der Waals surface area contributed by atoms with Crippen LogP contribution in [0.15, 0.2) is 23.1 Å². The Morgan fingerprint density at radius 2 is 2.00 bits per heavy atom. The van der Waals surface area contributed by atoms with Gasteiger partial charge in [-0.05, 0) is 6.07 Å². The van der Waals surface area contributed by atoms with Gasteiger partial charge < -0.3 is 5.73 Å². The molecular weight excluding hydrogens is 240 g/mol. The van der Waals surface area contributed by atoms with Gasteiger partial charge >= 0.3 is 0 Å². The van der Waals surface area contributed by atoms with Crippen molar-refractivity contribution in [2.45, 2.75) is 30.4 Å². The van der Waals surface area contributed by atoms with Crippen LogP contribution in [0.1, 0.15) is 31.1 Å². The standard InChI is InChI=1S/C11H14N2O3S/c1-11(2,3)17-9-6-7(13(15)16)4-5-8(9)10(12)14/h4-6H,1-3H3,(H2,12,14). The van der Waals surface area contributed by atoms with Crippen molar-refractivity contribution in [3.63, 3.8) is 0 Å². The Morgan fingerprint density at radius 3 is 2.41 bits per heavy atom. The molecule has 0 fully saturated rings. The molecule has 1 aromatic rings. The highest BCUT2D eigenvalue weighted by Gasteiger charge is 2.20. The summed E-state index contributed by atoms with van der Waals surface area (Å²) in [5.41, 5.74) is 5.51. The number of non-ortho nitro benzene ring substituents is 1. The zero-order chi connectivity index (χ0) is 13.2. The summed E-state index contributed by atoms with van der Waals surface area (Å²) in [7, 11) is 0. The lowest BCUT2D eigenvalue weighted by Gasteiger charge is -2.18. The van der Waals surface area contributed by atoms with Crippen LogP contribution in [0.2, 0.25) is 0 Å². The minimum atomic E-state index is -0.577. The third-order valence-corrected chi connectivity index (χ3v) is 3.03. The van der Waals surface area contributed by atoms with Crippen molar-refractivity contribution >= 4 is 23.4 Å². The van der Waals surface area contributed by atoms with Crippen molar-refractivity contribution in [2.75, 3.05) is 0 Å². The van der Waals surface area contributed by atoms with Crippen molar-refractivity contribution in [1.82, 2.24) is 0 Å². The highest BCUT2D eigenvalue weighted by molar-refractivity contribution is 8.00. The second-order valence-electron chi connectivity index (χ2n) is 4.52. The third-order valence-electron chi connectivity index (χ3n) is 1.86. The molecule has 0 aliphatic rings. The molecule has 0 heterocycles. The molecule has 1 aromatic carbocycles. The van der Waals surface area contributed by atoms with Crippen molar-refractivity contribution in [2.24, 2.45) is 5.73 Å². The number of benzene rings is 1. The van der Waals surface area contributed by atoms with E-state index in [-0.39, 0.29) is 10.4 Å². The molecule has 1 amide bonds. The summed E-state index contributed by atoms with van der Waals surface area (Å²) in [5, 5.41) is 10.7. The quantitative estimate of drug-likeness (QED) is 0.510. The number of primary amides is 1. The van der Waals surface area contributed by atoms with Gasteiger partial charge in [0.05, 0.1) is 10.5 Å². The van der Waals surface area contributed by atoms with Gasteiger partial charge in [0.25, 0.3) is 5.69 Å². The number of nitrogens with two attached hydrogens (primary N) is 1. The van der Waals surface area contributed by atoms with E-state index in [2.05, 4.69) is 0 Å². The Morgan fingerprint density at radius 1 is 1.41 bits per heavy atom. The summed E-state index contributed by atoms with van der Waals surface area (Å²) < 4.78 is -0.153. The van der Waals surface area contributed by atoms with Gasteiger partial charge in [0.15, 0.2) is 0 Å². The molecule has 5 nitrogen and oxygen atoms in total. The molecule has 0 aromatic heterocycles. The predicted molar refractivity (Wildman–Crippen MR) is 67.2 cm³/mol. The molecule has 1 rings (SSSR count). The summed E-state index contributed by atoms with van der Waals surface area (Å²) in [6.45, 7) is 5.88. The molecule has 0 saturated carbocycles. The molecular formula is C11H14N2O3S. The van der Waals surface area contributed by atoms with Crippen LogP contribution < -0.4 is 5.73 Å². The van der Waals surface area contributed by atoms with Crippen LogP contribution in [0.25, 0.3) is 0 Å². The van der Waals surface area contributed by atoms with Crippen LogP contribution in [-0.4, -0.2) is 15.6 Å². The lowest BCUT2D eigenvalue weighted by atomic mass is 10.2. The fourth-order valence-electron chi connectivity index (χ4n) is 1.24. The van der Waals surface area contributed by atoms with Crippen molar-refractivity contribution in [1.29, 1.82) is 0 Å². The lowest BCUT2D eigenvalue weighted by molar-refractivity contribution is -0.385. The molecule has 0 aliphatic heterocycles. The van der Waals surface area contributed by atoms with Gasteiger partial charge in [0, 0.05) is 21.8 Å². The van der Waals surface area contributed by atoms with Crippen molar-refractivity contribution < 1.29 is 9.72 Å². The summed E-state index contributed by atoms with van der Waals surface area (Å²) >= 11 is 1.38. The molecule has 0 atom stereocenters. The molecule has 0 spiro atoms. The molecule has 2 N–H and O–H groups in total. The Bertz CT molecular complexity index is 466. The number of hydrogen-bond acceptors (Lipinski definition) is 4. The van der Waals surface area contributed by atoms with Gasteiger partial charge in [0.1, 0.15) is 0 Å². The third kappa shape index (κ3) is 3.74. The van der Waals surface area contributed by atoms with Gasteiger partial charge in [-0.2, -0.15) is 0 Å². The molecule has 0 aliphatic carbocycles. The summed E-state index contributed by atoms with van der Waals surface area (Å²) in [6, 6.07) is 4.07. The van der Waals surface area contributed by atoms with Crippen molar-refractivity contribution in [3.05, 3.63) is 33.9 Å². The zero-order valence-corrected chi connectivity index (χ0v) is 10.7. The fourth-order valence-corrected chi connectivity index (χ4v) is 2.36. The SMILES string of the molecule is CC(C)(C)Sc1cc([N+](=O)[O-])ccc1C(N)=O. The molecule has 0 saturated heterocycles. The first-order valence-corrected chi connectivity index (χ1v) is 5.79. The second kappa shape index (κ2) is 4.75. The van der Waals surface area contributed by atoms with Crippen LogP contribution in [0.4, 0.5) is 5.69 Å². The number of rotatable bonds is 3. The smallest absolute Gasteiger partial charge is 0.270 e. The minimum absolute atomic E-state index is 0.0400. The van der Waals surface area contributed by atoms with Gasteiger partial charge in [0.2, 0.25) is 5.91 Å². The number of carbonyl (C=O) groups excluding carboxylic acids is 1. The van der Waals surface area contributed by atoms with E-state index in [0.29, 0.717) is 10.5 Å². The Labute approximate surface area is 104 Å². The number of thioether (sulfide) groups is 1. The molecule has 6 heteroatoms. The first kappa shape index (κ1) is 13.5. The largest absolute Gasteiger partial charge is 0.366 e. The number of carbonyl (C=O) groups is 1. The molecule has 17 heavy (non-hydrogen) atoms. The Hall–Kier alpha value is -1.56. The Kier molecular flexibility index (Phi) is 3.77. The van der Waals surface area contributed by atoms with E-state index in [0.717, 1.165) is 0 Å². The average Bonchev–Trinajstić information content (AvgIpc) is 2.14. The molecule has 0 radical (unpaired) electrons. The number of hydrogen-bond donors (Lipinski definition) is 1. The zero-order valence-electron chi connectivity index (χ0n) is 9.89. The van der Waals surface area contributed by atoms with E-state index in [1.807, 2.05) is 20.8 Å². The van der Waals surface area contributed by atoms with E-state index in [1.54, 1.807) is 0 Å². The normalized spacial score (nSPS) is 11.2. The topological polar surface area (TPSA) is 86.2 Å². The predicted octanol–water partition coefficient (Wildman–Crippen LogP) is 2.58. The number of nitro groups is 1. The maximum atomic E-state index is 11.2. The van der Waals surface area contributed by atoms with E-state index >= 15 is 0 Å². The lowest BCUT2D eigenvalue weighted by Crippen LogP contribution is -2.15. The average molecular weight is 254 g/mol. The van der Waals surface area contributed by atoms with Crippen LogP contribution >= 0.6 is 11.8 Å². The first-order chi connectivity index (χ1) is 7.70. The highest BCUT2D eigenvalue weighted by Crippen LogP contribution is 2.35. The van der Waals surface area contributed by atoms with E-state index < -0.39 is 10.8 Å². The molecule has 0 bridgehead atoms. The maximum absolute atomic E-state index is 11.2. The van der Waals surface area contributed by atoms with Gasteiger partial charge in [-0.1, -0.05) is 20.8 Å². The van der Waals surface area contributed by atoms with Crippen LogP contribution in [-0.2, 0) is 0 Å². The van der Waals surface area contributed by atoms with Crippen LogP contribution in [0.5, 0.6) is 0 Å².